The maximum Gasteiger partial charge on any atom is 0.0234 e. The fraction of sp³-hybridized carbons (Fsp3) is 0.548. The van der Waals surface area contributed by atoms with Crippen LogP contribution in [0.1, 0.15) is 88.8 Å². The number of hydrogen-bond acceptors (Lipinski definition) is 1. The molecule has 0 radical (unpaired) electrons. The standard InChI is InChI=1S/C23H29N.C6H12.C2H6.HI/c1-4-21-12-13-22(14-18(21)2)23-17-24(15-19(23)3)16-20-10-8-6-5-7-9-11-20;1-6-4-2-3-5-6;1-2;/h5-6,8,10-14,23H,3-4,7,9,15-17H2,1-2H3;6H,2-5H2,1H3;1-2H3;1H/b6-5+,10-8-,20-11+;;;. The number of likely N-dealkylation sites (tertiary alicyclic amines) is 1. The number of aryl methyl sites for hydroxylation is 2. The van der Waals surface area contributed by atoms with Gasteiger partial charge in [0.15, 0.2) is 0 Å². The summed E-state index contributed by atoms with van der Waals surface area (Å²) < 4.78 is 0. The molecule has 0 N–H and O–H groups in total. The Bertz CT molecular complexity index is 795. The van der Waals surface area contributed by atoms with Crippen molar-refractivity contribution < 1.29 is 0 Å². The van der Waals surface area contributed by atoms with Crippen LogP contribution in [0.15, 0.2) is 66.3 Å². The molecule has 33 heavy (non-hydrogen) atoms. The van der Waals surface area contributed by atoms with Crippen LogP contribution >= 0.6 is 24.0 Å². The summed E-state index contributed by atoms with van der Waals surface area (Å²) in [5.74, 6) is 1.53. The molecular formula is C31H48IN. The summed E-state index contributed by atoms with van der Waals surface area (Å²) in [5.41, 5.74) is 7.09. The van der Waals surface area contributed by atoms with E-state index in [0.717, 1.165) is 44.8 Å². The van der Waals surface area contributed by atoms with Gasteiger partial charge in [0.2, 0.25) is 0 Å². The largest absolute Gasteiger partial charge is 0.294 e. The molecule has 1 atom stereocenters. The molecule has 1 saturated heterocycles. The van der Waals surface area contributed by atoms with E-state index in [1.54, 1.807) is 0 Å². The molecule has 3 aliphatic rings. The first kappa shape index (κ1) is 29.9. The minimum Gasteiger partial charge on any atom is -0.294 e. The molecule has 4 rings (SSSR count). The number of benzene rings is 1. The Balaban J connectivity index is 0.000000519. The van der Waals surface area contributed by atoms with E-state index in [-0.39, 0.29) is 24.0 Å². The monoisotopic (exact) mass is 561 g/mol. The van der Waals surface area contributed by atoms with Gasteiger partial charge in [-0.15, -0.1) is 24.0 Å². The van der Waals surface area contributed by atoms with Gasteiger partial charge in [-0.25, -0.2) is 0 Å². The number of rotatable bonds is 4. The van der Waals surface area contributed by atoms with Crippen molar-refractivity contribution >= 4 is 24.0 Å². The Kier molecular flexibility index (Phi) is 14.9. The normalized spacial score (nSPS) is 24.1. The third-order valence-corrected chi connectivity index (χ3v) is 6.86. The van der Waals surface area contributed by atoms with Crippen molar-refractivity contribution in [2.24, 2.45) is 5.92 Å². The lowest BCUT2D eigenvalue weighted by Crippen LogP contribution is -2.22. The number of allylic oxidation sites excluding steroid dienone is 4. The summed E-state index contributed by atoms with van der Waals surface area (Å²) in [7, 11) is 0. The Morgan fingerprint density at radius 3 is 2.39 bits per heavy atom. The molecule has 1 nitrogen and oxygen atoms in total. The summed E-state index contributed by atoms with van der Waals surface area (Å²) >= 11 is 0. The molecule has 0 amide bonds. The van der Waals surface area contributed by atoms with Gasteiger partial charge in [-0.05, 0) is 54.4 Å². The van der Waals surface area contributed by atoms with Crippen molar-refractivity contribution in [2.75, 3.05) is 19.6 Å². The Labute approximate surface area is 222 Å². The van der Waals surface area contributed by atoms with Crippen LogP contribution in [-0.4, -0.2) is 24.5 Å². The van der Waals surface area contributed by atoms with Gasteiger partial charge < -0.3 is 0 Å². The molecule has 2 fully saturated rings. The van der Waals surface area contributed by atoms with E-state index in [0.29, 0.717) is 5.92 Å². The Hall–Kier alpha value is -1.13. The van der Waals surface area contributed by atoms with Gasteiger partial charge in [0, 0.05) is 25.6 Å². The van der Waals surface area contributed by atoms with E-state index >= 15 is 0 Å². The summed E-state index contributed by atoms with van der Waals surface area (Å²) in [6, 6.07) is 6.98. The van der Waals surface area contributed by atoms with Gasteiger partial charge in [-0.2, -0.15) is 0 Å². The van der Waals surface area contributed by atoms with Gasteiger partial charge in [-0.1, -0.05) is 114 Å². The topological polar surface area (TPSA) is 3.24 Å². The second kappa shape index (κ2) is 16.5. The SMILES string of the molecule is C=C1CN(CC2=C/CC/C=C/C=C\2)CC1c1ccc(CC)c(C)c1.CC.CC1CCCC1.I. The van der Waals surface area contributed by atoms with Gasteiger partial charge >= 0.3 is 0 Å². The summed E-state index contributed by atoms with van der Waals surface area (Å²) in [5, 5.41) is 0. The molecule has 2 heteroatoms. The number of nitrogens with zero attached hydrogens (tertiary/aromatic N) is 1. The molecule has 1 saturated carbocycles. The Morgan fingerprint density at radius 2 is 1.79 bits per heavy atom. The molecule has 1 unspecified atom stereocenters. The molecule has 1 aliphatic heterocycles. The Morgan fingerprint density at radius 1 is 1.06 bits per heavy atom. The second-order valence-electron chi connectivity index (χ2n) is 9.45. The zero-order valence-electron chi connectivity index (χ0n) is 21.9. The molecule has 1 aromatic rings. The average Bonchev–Trinajstić information content (AvgIpc) is 3.40. The maximum atomic E-state index is 4.37. The minimum atomic E-state index is 0. The first-order chi connectivity index (χ1) is 15.6. The quantitative estimate of drug-likeness (QED) is 0.262. The van der Waals surface area contributed by atoms with Crippen LogP contribution in [0.5, 0.6) is 0 Å². The first-order valence-corrected chi connectivity index (χ1v) is 13.1. The number of halogens is 1. The first-order valence-electron chi connectivity index (χ1n) is 13.1. The lowest BCUT2D eigenvalue weighted by molar-refractivity contribution is 0.369. The zero-order valence-corrected chi connectivity index (χ0v) is 24.2. The minimum absolute atomic E-state index is 0. The third-order valence-electron chi connectivity index (χ3n) is 6.86. The highest BCUT2D eigenvalue weighted by molar-refractivity contribution is 14.0. The smallest absolute Gasteiger partial charge is 0.0234 e. The second-order valence-corrected chi connectivity index (χ2v) is 9.45. The molecule has 0 bridgehead atoms. The van der Waals surface area contributed by atoms with Gasteiger partial charge in [0.1, 0.15) is 0 Å². The van der Waals surface area contributed by atoms with Crippen LogP contribution in [0.25, 0.3) is 0 Å². The molecule has 2 aliphatic carbocycles. The average molecular weight is 562 g/mol. The lowest BCUT2D eigenvalue weighted by atomic mass is 9.92. The van der Waals surface area contributed by atoms with Crippen molar-refractivity contribution in [3.05, 3.63) is 83.0 Å². The van der Waals surface area contributed by atoms with Crippen LogP contribution in [0, 0.1) is 12.8 Å². The van der Waals surface area contributed by atoms with E-state index in [2.05, 4.69) is 80.8 Å². The van der Waals surface area contributed by atoms with Crippen LogP contribution in [0.3, 0.4) is 0 Å². The summed E-state index contributed by atoms with van der Waals surface area (Å²) in [4.78, 5) is 2.54. The van der Waals surface area contributed by atoms with E-state index in [1.807, 2.05) is 13.8 Å². The van der Waals surface area contributed by atoms with Crippen molar-refractivity contribution in [3.8, 4) is 0 Å². The van der Waals surface area contributed by atoms with E-state index < -0.39 is 0 Å². The van der Waals surface area contributed by atoms with Gasteiger partial charge in [0.25, 0.3) is 0 Å². The highest BCUT2D eigenvalue weighted by Gasteiger charge is 2.27. The van der Waals surface area contributed by atoms with Crippen LogP contribution in [0.2, 0.25) is 0 Å². The van der Waals surface area contributed by atoms with Crippen molar-refractivity contribution in [1.29, 1.82) is 0 Å². The fourth-order valence-corrected chi connectivity index (χ4v) is 4.94. The maximum absolute atomic E-state index is 4.37. The predicted molar refractivity (Wildman–Crippen MR) is 159 cm³/mol. The van der Waals surface area contributed by atoms with Gasteiger partial charge in [-0.3, -0.25) is 4.90 Å². The summed E-state index contributed by atoms with van der Waals surface area (Å²) in [6.07, 6.45) is 20.6. The van der Waals surface area contributed by atoms with Crippen LogP contribution in [-0.2, 0) is 6.42 Å². The van der Waals surface area contributed by atoms with E-state index in [4.69, 9.17) is 0 Å². The van der Waals surface area contributed by atoms with E-state index in [1.165, 1.54) is 53.5 Å². The van der Waals surface area contributed by atoms with Crippen molar-refractivity contribution in [3.63, 3.8) is 0 Å². The molecule has 0 aromatic heterocycles. The highest BCUT2D eigenvalue weighted by Crippen LogP contribution is 2.32. The van der Waals surface area contributed by atoms with Crippen LogP contribution in [0.4, 0.5) is 0 Å². The predicted octanol–water partition coefficient (Wildman–Crippen LogP) is 9.19. The summed E-state index contributed by atoms with van der Waals surface area (Å²) in [6.45, 7) is 18.3. The highest BCUT2D eigenvalue weighted by atomic mass is 127. The van der Waals surface area contributed by atoms with Crippen molar-refractivity contribution in [2.45, 2.75) is 85.5 Å². The molecule has 1 heterocycles. The lowest BCUT2D eigenvalue weighted by Gasteiger charge is -2.17. The third kappa shape index (κ3) is 9.94. The molecule has 1 aromatic carbocycles. The van der Waals surface area contributed by atoms with Crippen LogP contribution < -0.4 is 0 Å². The van der Waals surface area contributed by atoms with Gasteiger partial charge in [0.05, 0.1) is 0 Å². The van der Waals surface area contributed by atoms with Crippen molar-refractivity contribution in [1.82, 2.24) is 4.90 Å². The molecule has 0 spiro atoms. The fourth-order valence-electron chi connectivity index (χ4n) is 4.94. The molecule has 184 valence electrons. The zero-order chi connectivity index (χ0) is 23.3. The number of hydrogen-bond donors (Lipinski definition) is 0. The molecular weight excluding hydrogens is 513 g/mol. The van der Waals surface area contributed by atoms with E-state index in [9.17, 15) is 0 Å².